The van der Waals surface area contributed by atoms with Crippen LogP contribution in [0.25, 0.3) is 0 Å². The fourth-order valence-corrected chi connectivity index (χ4v) is 3.41. The number of rotatable bonds is 3. The van der Waals surface area contributed by atoms with Crippen LogP contribution in [0.3, 0.4) is 0 Å². The molecule has 1 aliphatic carbocycles. The molecule has 110 valence electrons. The van der Waals surface area contributed by atoms with E-state index in [1.165, 1.54) is 18.4 Å². The van der Waals surface area contributed by atoms with Crippen LogP contribution < -0.4 is 10.1 Å². The largest absolute Gasteiger partial charge is 0.488 e. The summed E-state index contributed by atoms with van der Waals surface area (Å²) in [5.41, 5.74) is 1.19. The second kappa shape index (κ2) is 6.33. The smallest absolute Gasteiger partial charge is 0.123 e. The van der Waals surface area contributed by atoms with Crippen molar-refractivity contribution in [1.29, 1.82) is 0 Å². The lowest BCUT2D eigenvalue weighted by Crippen LogP contribution is -2.43. The Balaban J connectivity index is 1.53. The van der Waals surface area contributed by atoms with Gasteiger partial charge in [0.25, 0.3) is 0 Å². The van der Waals surface area contributed by atoms with E-state index in [-0.39, 0.29) is 18.2 Å². The number of fused-ring (bicyclic) bond motifs is 1. The van der Waals surface area contributed by atoms with Gasteiger partial charge in [-0.15, -0.1) is 0 Å². The maximum absolute atomic E-state index is 10.1. The summed E-state index contributed by atoms with van der Waals surface area (Å²) in [6, 6.07) is 6.01. The predicted octanol–water partition coefficient (Wildman–Crippen LogP) is 2.93. The van der Waals surface area contributed by atoms with Crippen LogP contribution in [0.2, 0.25) is 5.02 Å². The number of aliphatic hydroxyl groups excluding tert-OH is 1. The van der Waals surface area contributed by atoms with Crippen molar-refractivity contribution >= 4 is 11.6 Å². The highest BCUT2D eigenvalue weighted by Crippen LogP contribution is 2.31. The zero-order valence-electron chi connectivity index (χ0n) is 11.6. The highest BCUT2D eigenvalue weighted by atomic mass is 35.5. The Bertz CT molecular complexity index is 466. The predicted molar refractivity (Wildman–Crippen MR) is 80.5 cm³/mol. The molecule has 0 saturated heterocycles. The van der Waals surface area contributed by atoms with Crippen LogP contribution in [0.5, 0.6) is 5.75 Å². The molecule has 1 heterocycles. The van der Waals surface area contributed by atoms with E-state index in [2.05, 4.69) is 5.32 Å². The third kappa shape index (κ3) is 3.27. The monoisotopic (exact) mass is 295 g/mol. The molecule has 4 heteroatoms. The summed E-state index contributed by atoms with van der Waals surface area (Å²) in [4.78, 5) is 0. The molecular weight excluding hydrogens is 274 g/mol. The third-order valence-corrected chi connectivity index (χ3v) is 4.59. The van der Waals surface area contributed by atoms with E-state index in [0.29, 0.717) is 0 Å². The van der Waals surface area contributed by atoms with E-state index in [1.54, 1.807) is 0 Å². The molecule has 0 aromatic heterocycles. The summed E-state index contributed by atoms with van der Waals surface area (Å²) in [7, 11) is 0. The van der Waals surface area contributed by atoms with Crippen molar-refractivity contribution in [2.75, 3.05) is 6.54 Å². The standard InChI is InChI=1S/C16H22ClNO2/c17-12-6-7-16-11(8-12)9-13(20-16)10-18-14-4-2-1-3-5-15(14)19/h6-8,13-15,18-19H,1-5,9-10H2. The van der Waals surface area contributed by atoms with Crippen LogP contribution in [0.1, 0.15) is 37.7 Å². The molecule has 3 rings (SSSR count). The van der Waals surface area contributed by atoms with Crippen molar-refractivity contribution in [3.8, 4) is 5.75 Å². The van der Waals surface area contributed by atoms with Crippen molar-refractivity contribution in [2.24, 2.45) is 0 Å². The molecule has 1 fully saturated rings. The molecule has 3 nitrogen and oxygen atoms in total. The van der Waals surface area contributed by atoms with Gasteiger partial charge in [0, 0.05) is 24.0 Å². The average molecular weight is 296 g/mol. The molecule has 0 spiro atoms. The molecular formula is C16H22ClNO2. The third-order valence-electron chi connectivity index (χ3n) is 4.35. The van der Waals surface area contributed by atoms with Crippen LogP contribution >= 0.6 is 11.6 Å². The number of aliphatic hydroxyl groups is 1. The number of ether oxygens (including phenoxy) is 1. The van der Waals surface area contributed by atoms with E-state index in [0.717, 1.165) is 43.0 Å². The Morgan fingerprint density at radius 3 is 3.00 bits per heavy atom. The zero-order chi connectivity index (χ0) is 13.9. The van der Waals surface area contributed by atoms with Crippen LogP contribution in [0.4, 0.5) is 0 Å². The molecule has 1 aliphatic heterocycles. The maximum Gasteiger partial charge on any atom is 0.123 e. The molecule has 1 aromatic carbocycles. The molecule has 0 bridgehead atoms. The first-order valence-corrected chi connectivity index (χ1v) is 7.97. The number of nitrogens with one attached hydrogen (secondary N) is 1. The van der Waals surface area contributed by atoms with Crippen molar-refractivity contribution in [1.82, 2.24) is 5.32 Å². The summed E-state index contributed by atoms with van der Waals surface area (Å²) in [6.45, 7) is 0.786. The molecule has 2 N–H and O–H groups in total. The summed E-state index contributed by atoms with van der Waals surface area (Å²) in [5.74, 6) is 0.947. The quantitative estimate of drug-likeness (QED) is 0.843. The van der Waals surface area contributed by atoms with Gasteiger partial charge in [0.05, 0.1) is 6.10 Å². The highest BCUT2D eigenvalue weighted by Gasteiger charge is 2.26. The zero-order valence-corrected chi connectivity index (χ0v) is 12.4. The Hall–Kier alpha value is -0.770. The normalized spacial score (nSPS) is 29.6. The summed E-state index contributed by atoms with van der Waals surface area (Å²) >= 11 is 6.00. The van der Waals surface area contributed by atoms with Crippen molar-refractivity contribution in [3.05, 3.63) is 28.8 Å². The van der Waals surface area contributed by atoms with Gasteiger partial charge in [0.15, 0.2) is 0 Å². The minimum Gasteiger partial charge on any atom is -0.488 e. The highest BCUT2D eigenvalue weighted by molar-refractivity contribution is 6.30. The SMILES string of the molecule is OC1CCCCCC1NCC1Cc2cc(Cl)ccc2O1. The van der Waals surface area contributed by atoms with E-state index in [4.69, 9.17) is 16.3 Å². The first-order chi connectivity index (χ1) is 9.72. The van der Waals surface area contributed by atoms with E-state index in [9.17, 15) is 5.11 Å². The van der Waals surface area contributed by atoms with E-state index in [1.807, 2.05) is 18.2 Å². The van der Waals surface area contributed by atoms with Crippen LogP contribution in [-0.4, -0.2) is 29.9 Å². The fourth-order valence-electron chi connectivity index (χ4n) is 3.21. The van der Waals surface area contributed by atoms with Gasteiger partial charge < -0.3 is 15.2 Å². The minimum absolute atomic E-state index is 0.152. The number of hydrogen-bond acceptors (Lipinski definition) is 3. The molecule has 1 saturated carbocycles. The Morgan fingerprint density at radius 1 is 1.25 bits per heavy atom. The summed E-state index contributed by atoms with van der Waals surface area (Å²) in [6.07, 6.45) is 6.39. The number of halogens is 1. The van der Waals surface area contributed by atoms with E-state index >= 15 is 0 Å². The van der Waals surface area contributed by atoms with Gasteiger partial charge in [-0.2, -0.15) is 0 Å². The molecule has 2 aliphatic rings. The van der Waals surface area contributed by atoms with Gasteiger partial charge in [0.1, 0.15) is 11.9 Å². The summed E-state index contributed by atoms with van der Waals surface area (Å²) in [5, 5.41) is 14.4. The Morgan fingerprint density at radius 2 is 2.10 bits per heavy atom. The van der Waals surface area contributed by atoms with E-state index < -0.39 is 0 Å². The van der Waals surface area contributed by atoms with Gasteiger partial charge in [-0.25, -0.2) is 0 Å². The molecule has 1 aromatic rings. The topological polar surface area (TPSA) is 41.5 Å². The molecule has 3 atom stereocenters. The Kier molecular flexibility index (Phi) is 4.49. The first-order valence-electron chi connectivity index (χ1n) is 7.59. The lowest BCUT2D eigenvalue weighted by Gasteiger charge is -2.23. The molecule has 20 heavy (non-hydrogen) atoms. The van der Waals surface area contributed by atoms with Gasteiger partial charge in [-0.3, -0.25) is 0 Å². The Labute approximate surface area is 125 Å². The van der Waals surface area contributed by atoms with Crippen molar-refractivity contribution in [3.63, 3.8) is 0 Å². The summed E-state index contributed by atoms with van der Waals surface area (Å²) < 4.78 is 5.92. The minimum atomic E-state index is -0.212. The second-order valence-electron chi connectivity index (χ2n) is 5.92. The molecule has 3 unspecified atom stereocenters. The lowest BCUT2D eigenvalue weighted by molar-refractivity contribution is 0.112. The second-order valence-corrected chi connectivity index (χ2v) is 6.35. The van der Waals surface area contributed by atoms with Crippen LogP contribution in [0.15, 0.2) is 18.2 Å². The first kappa shape index (κ1) is 14.2. The van der Waals surface area contributed by atoms with Gasteiger partial charge in [-0.05, 0) is 36.6 Å². The molecule has 0 radical (unpaired) electrons. The maximum atomic E-state index is 10.1. The van der Waals surface area contributed by atoms with Gasteiger partial charge >= 0.3 is 0 Å². The van der Waals surface area contributed by atoms with Crippen molar-refractivity contribution in [2.45, 2.75) is 56.8 Å². The van der Waals surface area contributed by atoms with Gasteiger partial charge in [0.2, 0.25) is 0 Å². The molecule has 0 amide bonds. The fraction of sp³-hybridized carbons (Fsp3) is 0.625. The van der Waals surface area contributed by atoms with Crippen LogP contribution in [-0.2, 0) is 6.42 Å². The van der Waals surface area contributed by atoms with Crippen LogP contribution in [0, 0.1) is 0 Å². The van der Waals surface area contributed by atoms with Gasteiger partial charge in [-0.1, -0.05) is 30.9 Å². The number of hydrogen-bond donors (Lipinski definition) is 2. The van der Waals surface area contributed by atoms with Crippen molar-refractivity contribution < 1.29 is 9.84 Å². The number of benzene rings is 1. The average Bonchev–Trinajstić information content (AvgIpc) is 2.71. The lowest BCUT2D eigenvalue weighted by atomic mass is 10.1.